The lowest BCUT2D eigenvalue weighted by Gasteiger charge is -2.36. The highest BCUT2D eigenvalue weighted by Crippen LogP contribution is 2.32. The van der Waals surface area contributed by atoms with Crippen molar-refractivity contribution in [2.45, 2.75) is 70.6 Å². The van der Waals surface area contributed by atoms with Crippen LogP contribution in [0.3, 0.4) is 0 Å². The number of rotatable bonds is 2. The number of aryl methyl sites for hydroxylation is 1. The molecule has 5 heteroatoms. The number of nitrogens with two attached hydrogens (primary N) is 1. The van der Waals surface area contributed by atoms with Gasteiger partial charge in [-0.15, -0.1) is 0 Å². The summed E-state index contributed by atoms with van der Waals surface area (Å²) >= 11 is 0. The minimum Gasteiger partial charge on any atom is -0.321 e. The van der Waals surface area contributed by atoms with E-state index in [9.17, 15) is 0 Å². The summed E-state index contributed by atoms with van der Waals surface area (Å²) in [5, 5.41) is 4.74. The minimum absolute atomic E-state index is 0.0751. The number of nitrogens with zero attached hydrogens (tertiary/aromatic N) is 4. The molecular formula is C14H25N5. The van der Waals surface area contributed by atoms with Crippen LogP contribution in [0.25, 0.3) is 0 Å². The summed E-state index contributed by atoms with van der Waals surface area (Å²) in [6.45, 7) is 6.67. The van der Waals surface area contributed by atoms with E-state index in [0.29, 0.717) is 12.1 Å². The highest BCUT2D eigenvalue weighted by molar-refractivity contribution is 5.05. The lowest BCUT2D eigenvalue weighted by atomic mass is 10.00. The van der Waals surface area contributed by atoms with Crippen molar-refractivity contribution in [3.63, 3.8) is 0 Å². The van der Waals surface area contributed by atoms with Gasteiger partial charge in [0, 0.05) is 12.6 Å². The topological polar surface area (TPSA) is 60.0 Å². The number of likely N-dealkylation sites (tertiary alicyclic amines) is 1. The van der Waals surface area contributed by atoms with E-state index in [1.54, 1.807) is 0 Å². The molecule has 0 spiro atoms. The second-order valence-corrected chi connectivity index (χ2v) is 6.14. The van der Waals surface area contributed by atoms with E-state index in [2.05, 4.69) is 18.7 Å². The van der Waals surface area contributed by atoms with Crippen LogP contribution in [0.2, 0.25) is 0 Å². The lowest BCUT2D eigenvalue weighted by molar-refractivity contribution is 0.106. The molecule has 2 N–H and O–H groups in total. The standard InChI is InChI=1S/C14H25N5/c1-10(2)18-8-4-3-7-12(18)13-16-14-11(15)6-5-9-19(14)17-13/h10-12H,3-9,15H2,1-2H3. The van der Waals surface area contributed by atoms with Crippen molar-refractivity contribution in [1.29, 1.82) is 0 Å². The first kappa shape index (κ1) is 13.1. The molecule has 2 atom stereocenters. The first-order chi connectivity index (χ1) is 9.16. The Labute approximate surface area is 115 Å². The molecule has 0 saturated carbocycles. The Morgan fingerprint density at radius 3 is 2.74 bits per heavy atom. The fraction of sp³-hybridized carbons (Fsp3) is 0.857. The maximum atomic E-state index is 6.15. The van der Waals surface area contributed by atoms with Gasteiger partial charge in [-0.1, -0.05) is 6.42 Å². The molecule has 0 aliphatic carbocycles. The molecule has 106 valence electrons. The molecule has 2 unspecified atom stereocenters. The summed E-state index contributed by atoms with van der Waals surface area (Å²) in [6, 6.07) is 1.02. The number of hydrogen-bond acceptors (Lipinski definition) is 4. The van der Waals surface area contributed by atoms with Crippen molar-refractivity contribution in [2.75, 3.05) is 6.54 Å². The molecule has 0 bridgehead atoms. The van der Waals surface area contributed by atoms with Gasteiger partial charge in [0.25, 0.3) is 0 Å². The Morgan fingerprint density at radius 2 is 2.00 bits per heavy atom. The summed E-state index contributed by atoms with van der Waals surface area (Å²) in [7, 11) is 0. The average Bonchev–Trinajstić information content (AvgIpc) is 2.84. The third-order valence-electron chi connectivity index (χ3n) is 4.44. The molecule has 1 aromatic heterocycles. The van der Waals surface area contributed by atoms with Crippen LogP contribution in [0.15, 0.2) is 0 Å². The zero-order valence-corrected chi connectivity index (χ0v) is 12.0. The van der Waals surface area contributed by atoms with Gasteiger partial charge in [-0.05, 0) is 46.1 Å². The van der Waals surface area contributed by atoms with Crippen LogP contribution in [0.4, 0.5) is 0 Å². The SMILES string of the molecule is CC(C)N1CCCCC1c1nc2n(n1)CCCC2N. The van der Waals surface area contributed by atoms with Gasteiger partial charge in [0.2, 0.25) is 0 Å². The molecule has 2 aliphatic rings. The predicted octanol–water partition coefficient (Wildman–Crippen LogP) is 2.01. The van der Waals surface area contributed by atoms with Crippen molar-refractivity contribution in [3.05, 3.63) is 11.6 Å². The van der Waals surface area contributed by atoms with Crippen LogP contribution >= 0.6 is 0 Å². The van der Waals surface area contributed by atoms with Gasteiger partial charge in [0.1, 0.15) is 5.82 Å². The summed E-state index contributed by atoms with van der Waals surface area (Å²) in [4.78, 5) is 7.31. The lowest BCUT2D eigenvalue weighted by Crippen LogP contribution is -2.39. The quantitative estimate of drug-likeness (QED) is 0.886. The molecule has 0 aromatic carbocycles. The summed E-state index contributed by atoms with van der Waals surface area (Å²) in [5.74, 6) is 2.00. The molecule has 2 aliphatic heterocycles. The third-order valence-corrected chi connectivity index (χ3v) is 4.44. The highest BCUT2D eigenvalue weighted by Gasteiger charge is 2.31. The molecule has 19 heavy (non-hydrogen) atoms. The van der Waals surface area contributed by atoms with Gasteiger partial charge in [-0.3, -0.25) is 4.90 Å². The second-order valence-electron chi connectivity index (χ2n) is 6.14. The normalized spacial score (nSPS) is 28.6. The highest BCUT2D eigenvalue weighted by atomic mass is 15.4. The van der Waals surface area contributed by atoms with Gasteiger partial charge in [0.15, 0.2) is 5.82 Å². The van der Waals surface area contributed by atoms with Gasteiger partial charge in [-0.2, -0.15) is 5.10 Å². The van der Waals surface area contributed by atoms with Crippen LogP contribution in [-0.2, 0) is 6.54 Å². The van der Waals surface area contributed by atoms with E-state index < -0.39 is 0 Å². The second kappa shape index (κ2) is 5.21. The molecule has 3 heterocycles. The molecule has 5 nitrogen and oxygen atoms in total. The van der Waals surface area contributed by atoms with Gasteiger partial charge >= 0.3 is 0 Å². The summed E-state index contributed by atoms with van der Waals surface area (Å²) in [5.41, 5.74) is 6.15. The van der Waals surface area contributed by atoms with Crippen LogP contribution in [0.5, 0.6) is 0 Å². The number of aromatic nitrogens is 3. The molecule has 0 radical (unpaired) electrons. The Kier molecular flexibility index (Phi) is 3.58. The Morgan fingerprint density at radius 1 is 1.16 bits per heavy atom. The Hall–Kier alpha value is -0.940. The zero-order chi connectivity index (χ0) is 13.4. The van der Waals surface area contributed by atoms with Crippen molar-refractivity contribution in [2.24, 2.45) is 5.73 Å². The largest absolute Gasteiger partial charge is 0.321 e. The van der Waals surface area contributed by atoms with Gasteiger partial charge in [-0.25, -0.2) is 9.67 Å². The fourth-order valence-electron chi connectivity index (χ4n) is 3.39. The van der Waals surface area contributed by atoms with Crippen molar-refractivity contribution in [3.8, 4) is 0 Å². The minimum atomic E-state index is 0.0751. The van der Waals surface area contributed by atoms with Gasteiger partial charge in [0.05, 0.1) is 12.1 Å². The van der Waals surface area contributed by atoms with E-state index in [0.717, 1.165) is 37.6 Å². The van der Waals surface area contributed by atoms with Crippen LogP contribution in [0.1, 0.15) is 69.7 Å². The molecule has 3 rings (SSSR count). The zero-order valence-electron chi connectivity index (χ0n) is 12.0. The maximum absolute atomic E-state index is 6.15. The Balaban J connectivity index is 1.88. The molecule has 1 aromatic rings. The molecule has 1 saturated heterocycles. The van der Waals surface area contributed by atoms with Crippen molar-refractivity contribution < 1.29 is 0 Å². The first-order valence-corrected chi connectivity index (χ1v) is 7.63. The van der Waals surface area contributed by atoms with E-state index >= 15 is 0 Å². The third kappa shape index (κ3) is 2.41. The van der Waals surface area contributed by atoms with Crippen LogP contribution in [0, 0.1) is 0 Å². The number of hydrogen-bond donors (Lipinski definition) is 1. The number of fused-ring (bicyclic) bond motifs is 1. The first-order valence-electron chi connectivity index (χ1n) is 7.63. The van der Waals surface area contributed by atoms with Gasteiger partial charge < -0.3 is 5.73 Å². The van der Waals surface area contributed by atoms with Crippen LogP contribution < -0.4 is 5.73 Å². The average molecular weight is 263 g/mol. The molecular weight excluding hydrogens is 238 g/mol. The van der Waals surface area contributed by atoms with Crippen molar-refractivity contribution in [1.82, 2.24) is 19.7 Å². The monoisotopic (exact) mass is 263 g/mol. The van der Waals surface area contributed by atoms with E-state index in [-0.39, 0.29) is 6.04 Å². The fourth-order valence-corrected chi connectivity index (χ4v) is 3.39. The summed E-state index contributed by atoms with van der Waals surface area (Å²) < 4.78 is 2.04. The van der Waals surface area contributed by atoms with E-state index in [1.807, 2.05) is 4.68 Å². The molecule has 1 fully saturated rings. The Bertz CT molecular complexity index is 439. The van der Waals surface area contributed by atoms with Crippen molar-refractivity contribution >= 4 is 0 Å². The van der Waals surface area contributed by atoms with E-state index in [1.165, 1.54) is 19.3 Å². The smallest absolute Gasteiger partial charge is 0.168 e. The molecule has 0 amide bonds. The maximum Gasteiger partial charge on any atom is 0.168 e. The van der Waals surface area contributed by atoms with Crippen LogP contribution in [-0.4, -0.2) is 32.3 Å². The predicted molar refractivity (Wildman–Crippen MR) is 74.6 cm³/mol. The summed E-state index contributed by atoms with van der Waals surface area (Å²) in [6.07, 6.45) is 5.91. The van der Waals surface area contributed by atoms with E-state index in [4.69, 9.17) is 15.8 Å². The number of piperidine rings is 1.